The number of pyridine rings is 1. The van der Waals surface area contributed by atoms with Gasteiger partial charge in [0.2, 0.25) is 0 Å². The van der Waals surface area contributed by atoms with E-state index in [0.29, 0.717) is 0 Å². The highest BCUT2D eigenvalue weighted by molar-refractivity contribution is 9.10. The molecule has 0 unspecified atom stereocenters. The highest BCUT2D eigenvalue weighted by Gasteiger charge is 2.23. The second kappa shape index (κ2) is 6.12. The molecule has 0 spiro atoms. The SMILES string of the molecule is CN(C)C(=O)N1CCN(c2ccnc3ccc(Br)cc23)CC1. The first-order valence-corrected chi connectivity index (χ1v) is 8.11. The number of amides is 2. The van der Waals surface area contributed by atoms with Crippen LogP contribution in [0.1, 0.15) is 0 Å². The monoisotopic (exact) mass is 362 g/mol. The third kappa shape index (κ3) is 2.88. The first kappa shape index (κ1) is 15.1. The van der Waals surface area contributed by atoms with Crippen LogP contribution in [-0.4, -0.2) is 61.1 Å². The molecule has 1 aliphatic heterocycles. The molecule has 0 saturated carbocycles. The number of halogens is 1. The van der Waals surface area contributed by atoms with Gasteiger partial charge in [-0.2, -0.15) is 0 Å². The van der Waals surface area contributed by atoms with Crippen molar-refractivity contribution in [2.45, 2.75) is 0 Å². The number of piperazine rings is 1. The molecule has 1 aromatic heterocycles. The van der Waals surface area contributed by atoms with E-state index >= 15 is 0 Å². The zero-order valence-electron chi connectivity index (χ0n) is 12.8. The number of aromatic nitrogens is 1. The van der Waals surface area contributed by atoms with Gasteiger partial charge in [-0.25, -0.2) is 4.79 Å². The Labute approximate surface area is 138 Å². The molecule has 1 aromatic carbocycles. The highest BCUT2D eigenvalue weighted by Crippen LogP contribution is 2.28. The average Bonchev–Trinajstić information content (AvgIpc) is 2.53. The number of urea groups is 1. The largest absolute Gasteiger partial charge is 0.367 e. The maximum atomic E-state index is 12.0. The molecule has 1 aliphatic rings. The molecule has 5 nitrogen and oxygen atoms in total. The lowest BCUT2D eigenvalue weighted by Gasteiger charge is -2.37. The minimum Gasteiger partial charge on any atom is -0.367 e. The lowest BCUT2D eigenvalue weighted by atomic mass is 10.1. The molecule has 0 bridgehead atoms. The smallest absolute Gasteiger partial charge is 0.319 e. The van der Waals surface area contributed by atoms with E-state index < -0.39 is 0 Å². The van der Waals surface area contributed by atoms with Crippen LogP contribution in [0.5, 0.6) is 0 Å². The fourth-order valence-electron chi connectivity index (χ4n) is 2.80. The Balaban J connectivity index is 1.82. The van der Waals surface area contributed by atoms with E-state index in [1.165, 1.54) is 5.69 Å². The summed E-state index contributed by atoms with van der Waals surface area (Å²) in [7, 11) is 3.59. The maximum Gasteiger partial charge on any atom is 0.319 e. The summed E-state index contributed by atoms with van der Waals surface area (Å²) in [5, 5.41) is 1.14. The van der Waals surface area contributed by atoms with Crippen molar-refractivity contribution in [1.29, 1.82) is 0 Å². The first-order valence-electron chi connectivity index (χ1n) is 7.32. The minimum absolute atomic E-state index is 0.0852. The summed E-state index contributed by atoms with van der Waals surface area (Å²) in [4.78, 5) is 22.3. The number of anilines is 1. The Kier molecular flexibility index (Phi) is 4.20. The number of fused-ring (bicyclic) bond motifs is 1. The van der Waals surface area contributed by atoms with E-state index in [0.717, 1.165) is 41.6 Å². The molecule has 1 fully saturated rings. The predicted octanol–water partition coefficient (Wildman–Crippen LogP) is 2.80. The Morgan fingerprint density at radius 3 is 2.59 bits per heavy atom. The molecule has 22 heavy (non-hydrogen) atoms. The van der Waals surface area contributed by atoms with Gasteiger partial charge in [0.1, 0.15) is 0 Å². The molecular weight excluding hydrogens is 344 g/mol. The standard InChI is InChI=1S/C16H19BrN4O/c1-19(2)16(22)21-9-7-20(8-10-21)15-5-6-18-14-4-3-12(17)11-13(14)15/h3-6,11H,7-10H2,1-2H3. The summed E-state index contributed by atoms with van der Waals surface area (Å²) in [6.07, 6.45) is 1.85. The molecule has 116 valence electrons. The van der Waals surface area contributed by atoms with Gasteiger partial charge in [-0.05, 0) is 24.3 Å². The second-order valence-corrected chi connectivity index (χ2v) is 6.56. The molecule has 0 aliphatic carbocycles. The summed E-state index contributed by atoms with van der Waals surface area (Å²) in [5.74, 6) is 0. The van der Waals surface area contributed by atoms with E-state index in [9.17, 15) is 4.79 Å². The van der Waals surface area contributed by atoms with Crippen LogP contribution in [0.3, 0.4) is 0 Å². The number of nitrogens with zero attached hydrogens (tertiary/aromatic N) is 4. The molecule has 0 atom stereocenters. The highest BCUT2D eigenvalue weighted by atomic mass is 79.9. The summed E-state index contributed by atoms with van der Waals surface area (Å²) in [6.45, 7) is 3.17. The lowest BCUT2D eigenvalue weighted by Crippen LogP contribution is -2.51. The quantitative estimate of drug-likeness (QED) is 0.782. The van der Waals surface area contributed by atoms with Crippen molar-refractivity contribution < 1.29 is 4.79 Å². The Hall–Kier alpha value is -1.82. The van der Waals surface area contributed by atoms with Crippen LogP contribution in [0.4, 0.5) is 10.5 Å². The van der Waals surface area contributed by atoms with Crippen LogP contribution in [0, 0.1) is 0 Å². The van der Waals surface area contributed by atoms with Crippen LogP contribution < -0.4 is 4.90 Å². The Morgan fingerprint density at radius 2 is 1.91 bits per heavy atom. The van der Waals surface area contributed by atoms with Crippen LogP contribution in [0.2, 0.25) is 0 Å². The van der Waals surface area contributed by atoms with Gasteiger partial charge in [0, 0.05) is 62.0 Å². The molecule has 0 N–H and O–H groups in total. The van der Waals surface area contributed by atoms with Crippen molar-refractivity contribution in [3.63, 3.8) is 0 Å². The number of carbonyl (C=O) groups excluding carboxylic acids is 1. The van der Waals surface area contributed by atoms with Gasteiger partial charge in [-0.15, -0.1) is 0 Å². The zero-order chi connectivity index (χ0) is 15.7. The molecule has 1 saturated heterocycles. The van der Waals surface area contributed by atoms with E-state index in [-0.39, 0.29) is 6.03 Å². The van der Waals surface area contributed by atoms with Crippen molar-refractivity contribution in [2.75, 3.05) is 45.2 Å². The van der Waals surface area contributed by atoms with Crippen LogP contribution in [-0.2, 0) is 0 Å². The molecule has 6 heteroatoms. The summed E-state index contributed by atoms with van der Waals surface area (Å²) in [5.41, 5.74) is 2.18. The van der Waals surface area contributed by atoms with Crippen molar-refractivity contribution in [2.24, 2.45) is 0 Å². The van der Waals surface area contributed by atoms with Gasteiger partial charge >= 0.3 is 6.03 Å². The predicted molar refractivity (Wildman–Crippen MR) is 92.3 cm³/mol. The first-order chi connectivity index (χ1) is 10.6. The second-order valence-electron chi connectivity index (χ2n) is 5.64. The minimum atomic E-state index is 0.0852. The third-order valence-corrected chi connectivity index (χ3v) is 4.45. The summed E-state index contributed by atoms with van der Waals surface area (Å²) in [6, 6.07) is 8.27. The Bertz CT molecular complexity index is 696. The van der Waals surface area contributed by atoms with Crippen LogP contribution in [0.25, 0.3) is 10.9 Å². The van der Waals surface area contributed by atoms with Crippen molar-refractivity contribution in [3.05, 3.63) is 34.9 Å². The number of rotatable bonds is 1. The molecule has 0 radical (unpaired) electrons. The van der Waals surface area contributed by atoms with E-state index in [1.54, 1.807) is 19.0 Å². The number of carbonyl (C=O) groups is 1. The number of benzene rings is 1. The molecule has 3 rings (SSSR count). The van der Waals surface area contributed by atoms with Gasteiger partial charge < -0.3 is 14.7 Å². The average molecular weight is 363 g/mol. The fraction of sp³-hybridized carbons (Fsp3) is 0.375. The number of hydrogen-bond acceptors (Lipinski definition) is 3. The van der Waals surface area contributed by atoms with Crippen LogP contribution >= 0.6 is 15.9 Å². The van der Waals surface area contributed by atoms with Crippen molar-refractivity contribution in [3.8, 4) is 0 Å². The maximum absolute atomic E-state index is 12.0. The van der Waals surface area contributed by atoms with Crippen molar-refractivity contribution in [1.82, 2.24) is 14.8 Å². The lowest BCUT2D eigenvalue weighted by molar-refractivity contribution is 0.168. The van der Waals surface area contributed by atoms with E-state index in [1.807, 2.05) is 23.2 Å². The summed E-state index contributed by atoms with van der Waals surface area (Å²) >= 11 is 3.53. The number of hydrogen-bond donors (Lipinski definition) is 0. The van der Waals surface area contributed by atoms with E-state index in [2.05, 4.69) is 37.9 Å². The molecule has 2 aromatic rings. The fourth-order valence-corrected chi connectivity index (χ4v) is 3.16. The van der Waals surface area contributed by atoms with Crippen molar-refractivity contribution >= 4 is 38.6 Å². The van der Waals surface area contributed by atoms with Gasteiger partial charge in [0.05, 0.1) is 5.52 Å². The topological polar surface area (TPSA) is 39.7 Å². The summed E-state index contributed by atoms with van der Waals surface area (Å²) < 4.78 is 1.05. The van der Waals surface area contributed by atoms with Crippen LogP contribution in [0.15, 0.2) is 34.9 Å². The van der Waals surface area contributed by atoms with Gasteiger partial charge in [-0.3, -0.25) is 4.98 Å². The van der Waals surface area contributed by atoms with Gasteiger partial charge in [-0.1, -0.05) is 15.9 Å². The van der Waals surface area contributed by atoms with Gasteiger partial charge in [0.25, 0.3) is 0 Å². The normalized spacial score (nSPS) is 15.2. The zero-order valence-corrected chi connectivity index (χ0v) is 14.4. The molecule has 2 amide bonds. The third-order valence-electron chi connectivity index (χ3n) is 3.95. The molecular formula is C16H19BrN4O. The Morgan fingerprint density at radius 1 is 1.18 bits per heavy atom. The molecule has 2 heterocycles. The van der Waals surface area contributed by atoms with Gasteiger partial charge in [0.15, 0.2) is 0 Å². The van der Waals surface area contributed by atoms with E-state index in [4.69, 9.17) is 0 Å².